The molecule has 8 nitrogen and oxygen atoms in total. The number of imidazole rings is 1. The van der Waals surface area contributed by atoms with Crippen LogP contribution in [0.4, 0.5) is 5.82 Å². The molecule has 0 saturated heterocycles. The van der Waals surface area contributed by atoms with Gasteiger partial charge in [-0.05, 0) is 54.4 Å². The highest BCUT2D eigenvalue weighted by Gasteiger charge is 2.19. The lowest BCUT2D eigenvalue weighted by molar-refractivity contribution is 0.282. The highest BCUT2D eigenvalue weighted by Crippen LogP contribution is 2.31. The van der Waals surface area contributed by atoms with Gasteiger partial charge in [0.25, 0.3) is 0 Å². The first-order valence-electron chi connectivity index (χ1n) is 9.73. The Hall–Kier alpha value is -4.17. The molecule has 4 heterocycles. The molecule has 31 heavy (non-hydrogen) atoms. The van der Waals surface area contributed by atoms with Gasteiger partial charge in [-0.2, -0.15) is 0 Å². The average Bonchev–Trinajstić information content (AvgIpc) is 3.18. The van der Waals surface area contributed by atoms with Gasteiger partial charge in [-0.3, -0.25) is 4.57 Å². The monoisotopic (exact) mass is 409 g/mol. The predicted octanol–water partition coefficient (Wildman–Crippen LogP) is 3.32. The van der Waals surface area contributed by atoms with E-state index in [-0.39, 0.29) is 6.61 Å². The van der Waals surface area contributed by atoms with Crippen molar-refractivity contribution in [3.8, 4) is 28.6 Å². The fraction of sp³-hybridized carbons (Fsp3) is 0.0870. The SMILES string of the molecule is Cc1cnc(-c2ccc3nc(-c4cccnc4N)n(-c4ccc(CO)cc4)c3n2)nc1. The van der Waals surface area contributed by atoms with Gasteiger partial charge in [0.1, 0.15) is 17.0 Å². The lowest BCUT2D eigenvalue weighted by Gasteiger charge is -2.11. The van der Waals surface area contributed by atoms with Gasteiger partial charge in [0.2, 0.25) is 0 Å². The normalized spacial score (nSPS) is 11.2. The van der Waals surface area contributed by atoms with Crippen molar-refractivity contribution in [3.63, 3.8) is 0 Å². The van der Waals surface area contributed by atoms with Gasteiger partial charge in [0, 0.05) is 24.3 Å². The van der Waals surface area contributed by atoms with E-state index in [0.717, 1.165) is 16.8 Å². The number of benzene rings is 1. The Bertz CT molecular complexity index is 1380. The molecule has 3 N–H and O–H groups in total. The van der Waals surface area contributed by atoms with Crippen molar-refractivity contribution in [3.05, 3.63) is 78.2 Å². The summed E-state index contributed by atoms with van der Waals surface area (Å²) < 4.78 is 1.93. The fourth-order valence-corrected chi connectivity index (χ4v) is 3.39. The average molecular weight is 409 g/mol. The molecule has 0 unspecified atom stereocenters. The molecule has 0 aliphatic heterocycles. The van der Waals surface area contributed by atoms with Crippen molar-refractivity contribution >= 4 is 17.0 Å². The molecule has 0 fully saturated rings. The zero-order valence-electron chi connectivity index (χ0n) is 16.8. The number of nitrogen functional groups attached to an aromatic ring is 1. The second kappa shape index (κ2) is 7.58. The first-order chi connectivity index (χ1) is 15.1. The predicted molar refractivity (Wildman–Crippen MR) is 118 cm³/mol. The lowest BCUT2D eigenvalue weighted by Crippen LogP contribution is -2.02. The molecule has 0 saturated carbocycles. The van der Waals surface area contributed by atoms with Crippen LogP contribution >= 0.6 is 0 Å². The quantitative estimate of drug-likeness (QED) is 0.468. The van der Waals surface area contributed by atoms with Crippen molar-refractivity contribution < 1.29 is 5.11 Å². The summed E-state index contributed by atoms with van der Waals surface area (Å²) in [5.41, 5.74) is 11.5. The first-order valence-corrected chi connectivity index (χ1v) is 9.73. The molecular weight excluding hydrogens is 390 g/mol. The standard InChI is InChI=1S/C23H19N7O/c1-14-11-26-21(27-12-14)18-8-9-19-23(28-18)30(16-6-4-15(13-31)5-7-16)22(29-19)17-3-2-10-25-20(17)24/h2-12,31H,13H2,1H3,(H2,24,25). The van der Waals surface area contributed by atoms with Crippen LogP contribution in [0.15, 0.2) is 67.1 Å². The maximum atomic E-state index is 9.41. The van der Waals surface area contributed by atoms with E-state index in [0.29, 0.717) is 39.9 Å². The van der Waals surface area contributed by atoms with Gasteiger partial charge in [-0.25, -0.2) is 24.9 Å². The molecule has 5 aromatic rings. The minimum Gasteiger partial charge on any atom is -0.392 e. The Labute approximate surface area is 178 Å². The highest BCUT2D eigenvalue weighted by atomic mass is 16.3. The molecule has 0 spiro atoms. The Balaban J connectivity index is 1.77. The van der Waals surface area contributed by atoms with Crippen LogP contribution in [-0.2, 0) is 6.61 Å². The Morgan fingerprint density at radius 1 is 0.935 bits per heavy atom. The summed E-state index contributed by atoms with van der Waals surface area (Å²) in [6.07, 6.45) is 5.18. The zero-order valence-corrected chi connectivity index (χ0v) is 16.8. The van der Waals surface area contributed by atoms with E-state index in [1.165, 1.54) is 0 Å². The van der Waals surface area contributed by atoms with Crippen LogP contribution in [0.25, 0.3) is 39.8 Å². The second-order valence-electron chi connectivity index (χ2n) is 7.15. The molecule has 0 aliphatic rings. The summed E-state index contributed by atoms with van der Waals surface area (Å²) in [6.45, 7) is 1.91. The molecule has 0 radical (unpaired) electrons. The van der Waals surface area contributed by atoms with Gasteiger partial charge in [-0.1, -0.05) is 12.1 Å². The molecule has 0 atom stereocenters. The van der Waals surface area contributed by atoms with Crippen molar-refractivity contribution in [2.45, 2.75) is 13.5 Å². The van der Waals surface area contributed by atoms with Gasteiger partial charge in [-0.15, -0.1) is 0 Å². The number of nitrogens with zero attached hydrogens (tertiary/aromatic N) is 6. The van der Waals surface area contributed by atoms with Crippen LogP contribution in [-0.4, -0.2) is 34.6 Å². The van der Waals surface area contributed by atoms with Gasteiger partial charge < -0.3 is 10.8 Å². The number of rotatable bonds is 4. The largest absolute Gasteiger partial charge is 0.392 e. The summed E-state index contributed by atoms with van der Waals surface area (Å²) >= 11 is 0. The molecule has 4 aromatic heterocycles. The van der Waals surface area contributed by atoms with E-state index in [9.17, 15) is 5.11 Å². The third-order valence-corrected chi connectivity index (χ3v) is 4.97. The molecular formula is C23H19N7O. The molecule has 0 aliphatic carbocycles. The highest BCUT2D eigenvalue weighted by molar-refractivity contribution is 5.84. The van der Waals surface area contributed by atoms with Crippen molar-refractivity contribution in [1.29, 1.82) is 0 Å². The van der Waals surface area contributed by atoms with Crippen LogP contribution in [0.2, 0.25) is 0 Å². The number of aromatic nitrogens is 6. The lowest BCUT2D eigenvalue weighted by atomic mass is 10.2. The summed E-state index contributed by atoms with van der Waals surface area (Å²) in [5, 5.41) is 9.41. The van der Waals surface area contributed by atoms with Crippen LogP contribution < -0.4 is 5.73 Å². The van der Waals surface area contributed by atoms with Crippen LogP contribution in [0.1, 0.15) is 11.1 Å². The third kappa shape index (κ3) is 3.38. The number of aliphatic hydroxyl groups excluding tert-OH is 1. The van der Waals surface area contributed by atoms with E-state index in [2.05, 4.69) is 15.0 Å². The number of hydrogen-bond acceptors (Lipinski definition) is 7. The zero-order chi connectivity index (χ0) is 21.4. The Morgan fingerprint density at radius 2 is 1.71 bits per heavy atom. The van der Waals surface area contributed by atoms with Crippen molar-refractivity contribution in [2.75, 3.05) is 5.73 Å². The third-order valence-electron chi connectivity index (χ3n) is 4.97. The Kier molecular flexibility index (Phi) is 4.61. The summed E-state index contributed by atoms with van der Waals surface area (Å²) in [6, 6.07) is 15.0. The van der Waals surface area contributed by atoms with E-state index < -0.39 is 0 Å². The van der Waals surface area contributed by atoms with Crippen LogP contribution in [0.5, 0.6) is 0 Å². The van der Waals surface area contributed by atoms with Crippen molar-refractivity contribution in [1.82, 2.24) is 29.5 Å². The number of aryl methyl sites for hydroxylation is 1. The van der Waals surface area contributed by atoms with Gasteiger partial charge >= 0.3 is 0 Å². The maximum Gasteiger partial charge on any atom is 0.178 e. The first kappa shape index (κ1) is 18.8. The van der Waals surface area contributed by atoms with E-state index in [4.69, 9.17) is 15.7 Å². The number of hydrogen-bond donors (Lipinski definition) is 2. The number of pyridine rings is 2. The van der Waals surface area contributed by atoms with Gasteiger partial charge in [0.05, 0.1) is 12.2 Å². The number of aliphatic hydroxyl groups is 1. The van der Waals surface area contributed by atoms with Gasteiger partial charge in [0.15, 0.2) is 17.3 Å². The van der Waals surface area contributed by atoms with Crippen LogP contribution in [0.3, 0.4) is 0 Å². The minimum atomic E-state index is -0.0273. The second-order valence-corrected chi connectivity index (χ2v) is 7.15. The molecule has 1 aromatic carbocycles. The summed E-state index contributed by atoms with van der Waals surface area (Å²) in [5.74, 6) is 1.55. The summed E-state index contributed by atoms with van der Waals surface area (Å²) in [7, 11) is 0. The molecule has 0 amide bonds. The molecule has 5 rings (SSSR count). The van der Waals surface area contributed by atoms with E-state index in [1.54, 1.807) is 18.6 Å². The molecule has 0 bridgehead atoms. The maximum absolute atomic E-state index is 9.41. The number of nitrogens with two attached hydrogens (primary N) is 1. The minimum absolute atomic E-state index is 0.0273. The molecule has 8 heteroatoms. The van der Waals surface area contributed by atoms with E-state index in [1.807, 2.05) is 60.0 Å². The number of anilines is 1. The van der Waals surface area contributed by atoms with E-state index >= 15 is 0 Å². The smallest absolute Gasteiger partial charge is 0.178 e. The topological polar surface area (TPSA) is 116 Å². The Morgan fingerprint density at radius 3 is 2.42 bits per heavy atom. The fourth-order valence-electron chi connectivity index (χ4n) is 3.39. The van der Waals surface area contributed by atoms with Crippen LogP contribution in [0, 0.1) is 6.92 Å². The summed E-state index contributed by atoms with van der Waals surface area (Å²) in [4.78, 5) is 22.6. The van der Waals surface area contributed by atoms with Crippen molar-refractivity contribution in [2.24, 2.45) is 0 Å². The molecule has 152 valence electrons. The number of fused-ring (bicyclic) bond motifs is 1.